The Bertz CT molecular complexity index is 454. The third kappa shape index (κ3) is 0.963. The highest BCUT2D eigenvalue weighted by Crippen LogP contribution is 2.41. The molecule has 2 aromatic rings. The summed E-state index contributed by atoms with van der Waals surface area (Å²) in [5.74, 6) is 0.713. The number of aryl methyl sites for hydroxylation is 1. The predicted octanol–water partition coefficient (Wildman–Crippen LogP) is 1.92. The van der Waals surface area contributed by atoms with Crippen LogP contribution in [0.1, 0.15) is 30.1 Å². The molecule has 0 amide bonds. The van der Waals surface area contributed by atoms with E-state index < -0.39 is 0 Å². The van der Waals surface area contributed by atoms with Crippen LogP contribution in [0.25, 0.3) is 5.65 Å². The highest BCUT2D eigenvalue weighted by atomic mass is 15.3. The van der Waals surface area contributed by atoms with Gasteiger partial charge in [-0.25, -0.2) is 9.50 Å². The molecule has 66 valence electrons. The third-order valence-corrected chi connectivity index (χ3v) is 2.58. The summed E-state index contributed by atoms with van der Waals surface area (Å²) in [7, 11) is 0. The minimum absolute atomic E-state index is 0.713. The van der Waals surface area contributed by atoms with Crippen molar-refractivity contribution in [3.05, 3.63) is 29.7 Å². The van der Waals surface area contributed by atoms with E-state index in [0.29, 0.717) is 5.92 Å². The first kappa shape index (κ1) is 7.06. The molecule has 0 spiro atoms. The van der Waals surface area contributed by atoms with E-state index in [0.717, 1.165) is 11.3 Å². The zero-order chi connectivity index (χ0) is 8.84. The molecule has 0 aliphatic heterocycles. The Labute approximate surface area is 76.4 Å². The quantitative estimate of drug-likeness (QED) is 0.659. The van der Waals surface area contributed by atoms with Crippen LogP contribution < -0.4 is 0 Å². The van der Waals surface area contributed by atoms with Crippen molar-refractivity contribution >= 4 is 5.65 Å². The maximum atomic E-state index is 4.47. The minimum atomic E-state index is 0.713. The summed E-state index contributed by atoms with van der Waals surface area (Å²) in [5.41, 5.74) is 3.43. The van der Waals surface area contributed by atoms with Gasteiger partial charge in [-0.1, -0.05) is 0 Å². The fourth-order valence-electron chi connectivity index (χ4n) is 1.84. The smallest absolute Gasteiger partial charge is 0.154 e. The summed E-state index contributed by atoms with van der Waals surface area (Å²) in [6.45, 7) is 2.07. The monoisotopic (exact) mass is 173 g/mol. The molecule has 0 unspecified atom stereocenters. The number of nitrogens with zero attached hydrogens (tertiary/aromatic N) is 3. The number of hydrogen-bond donors (Lipinski definition) is 0. The Morgan fingerprint density at radius 2 is 2.31 bits per heavy atom. The van der Waals surface area contributed by atoms with Crippen LogP contribution in [0.15, 0.2) is 18.3 Å². The van der Waals surface area contributed by atoms with Gasteiger partial charge in [0.15, 0.2) is 5.65 Å². The summed E-state index contributed by atoms with van der Waals surface area (Å²) in [6, 6.07) is 3.93. The lowest BCUT2D eigenvalue weighted by molar-refractivity contribution is 0.845. The molecule has 2 aromatic heterocycles. The highest BCUT2D eigenvalue weighted by molar-refractivity contribution is 5.42. The zero-order valence-electron chi connectivity index (χ0n) is 7.57. The van der Waals surface area contributed by atoms with Crippen molar-refractivity contribution < 1.29 is 0 Å². The van der Waals surface area contributed by atoms with E-state index >= 15 is 0 Å². The molecular weight excluding hydrogens is 162 g/mol. The van der Waals surface area contributed by atoms with Crippen molar-refractivity contribution in [1.82, 2.24) is 14.6 Å². The lowest BCUT2D eigenvalue weighted by Gasteiger charge is -1.97. The molecule has 1 fully saturated rings. The van der Waals surface area contributed by atoms with Gasteiger partial charge in [0.1, 0.15) is 0 Å². The zero-order valence-corrected chi connectivity index (χ0v) is 7.57. The first-order valence-corrected chi connectivity index (χ1v) is 4.66. The number of rotatable bonds is 1. The molecule has 0 bridgehead atoms. The summed E-state index contributed by atoms with van der Waals surface area (Å²) < 4.78 is 1.98. The van der Waals surface area contributed by atoms with E-state index in [9.17, 15) is 0 Å². The van der Waals surface area contributed by atoms with E-state index in [1.807, 2.05) is 22.8 Å². The fraction of sp³-hybridized carbons (Fsp3) is 0.400. The highest BCUT2D eigenvalue weighted by Gasteiger charge is 2.29. The van der Waals surface area contributed by atoms with Gasteiger partial charge >= 0.3 is 0 Å². The molecule has 3 rings (SSSR count). The van der Waals surface area contributed by atoms with Gasteiger partial charge in [-0.05, 0) is 31.9 Å². The van der Waals surface area contributed by atoms with Crippen LogP contribution in [-0.2, 0) is 0 Å². The second-order valence-electron chi connectivity index (χ2n) is 3.65. The SMILES string of the molecule is Cc1nc2cccnn2c1C1CC1. The first-order valence-electron chi connectivity index (χ1n) is 4.66. The topological polar surface area (TPSA) is 30.2 Å². The van der Waals surface area contributed by atoms with Crippen LogP contribution in [0.5, 0.6) is 0 Å². The molecule has 1 saturated carbocycles. The summed E-state index contributed by atoms with van der Waals surface area (Å²) in [5, 5.41) is 4.32. The number of aromatic nitrogens is 3. The van der Waals surface area contributed by atoms with Crippen molar-refractivity contribution in [2.75, 3.05) is 0 Å². The number of imidazole rings is 1. The van der Waals surface area contributed by atoms with E-state index in [1.54, 1.807) is 0 Å². The first-order chi connectivity index (χ1) is 6.36. The van der Waals surface area contributed by atoms with Crippen molar-refractivity contribution in [1.29, 1.82) is 0 Å². The molecule has 1 aliphatic rings. The van der Waals surface area contributed by atoms with Crippen LogP contribution in [-0.4, -0.2) is 14.6 Å². The lowest BCUT2D eigenvalue weighted by Crippen LogP contribution is -1.95. The Balaban J connectivity index is 2.35. The summed E-state index contributed by atoms with van der Waals surface area (Å²) in [6.07, 6.45) is 4.41. The van der Waals surface area contributed by atoms with Crippen molar-refractivity contribution in [3.8, 4) is 0 Å². The van der Waals surface area contributed by atoms with Gasteiger partial charge in [0.25, 0.3) is 0 Å². The van der Waals surface area contributed by atoms with Gasteiger partial charge < -0.3 is 0 Å². The normalized spacial score (nSPS) is 16.7. The van der Waals surface area contributed by atoms with Gasteiger partial charge in [0.2, 0.25) is 0 Å². The minimum Gasteiger partial charge on any atom is -0.232 e. The van der Waals surface area contributed by atoms with Gasteiger partial charge in [-0.3, -0.25) is 0 Å². The van der Waals surface area contributed by atoms with Crippen LogP contribution in [0.3, 0.4) is 0 Å². The maximum Gasteiger partial charge on any atom is 0.154 e. The average Bonchev–Trinajstić information content (AvgIpc) is 2.88. The molecule has 0 atom stereocenters. The third-order valence-electron chi connectivity index (χ3n) is 2.58. The van der Waals surface area contributed by atoms with Crippen LogP contribution in [0.4, 0.5) is 0 Å². The van der Waals surface area contributed by atoms with Gasteiger partial charge in [-0.2, -0.15) is 5.10 Å². The second-order valence-corrected chi connectivity index (χ2v) is 3.65. The fourth-order valence-corrected chi connectivity index (χ4v) is 1.84. The van der Waals surface area contributed by atoms with Crippen molar-refractivity contribution in [3.63, 3.8) is 0 Å². The molecule has 3 heteroatoms. The Kier molecular flexibility index (Phi) is 1.26. The summed E-state index contributed by atoms with van der Waals surface area (Å²) >= 11 is 0. The molecule has 0 saturated heterocycles. The molecule has 0 radical (unpaired) electrons. The van der Waals surface area contributed by atoms with Crippen molar-refractivity contribution in [2.24, 2.45) is 0 Å². The molecule has 0 aromatic carbocycles. The predicted molar refractivity (Wildman–Crippen MR) is 49.7 cm³/mol. The van der Waals surface area contributed by atoms with E-state index in [1.165, 1.54) is 18.5 Å². The summed E-state index contributed by atoms with van der Waals surface area (Å²) in [4.78, 5) is 4.47. The van der Waals surface area contributed by atoms with Gasteiger partial charge in [-0.15, -0.1) is 0 Å². The Hall–Kier alpha value is -1.38. The van der Waals surface area contributed by atoms with E-state index in [-0.39, 0.29) is 0 Å². The second kappa shape index (κ2) is 2.31. The van der Waals surface area contributed by atoms with Crippen LogP contribution in [0.2, 0.25) is 0 Å². The Morgan fingerprint density at radius 1 is 1.46 bits per heavy atom. The molecule has 13 heavy (non-hydrogen) atoms. The van der Waals surface area contributed by atoms with Gasteiger partial charge in [0, 0.05) is 12.1 Å². The molecule has 1 aliphatic carbocycles. The number of hydrogen-bond acceptors (Lipinski definition) is 2. The molecule has 3 nitrogen and oxygen atoms in total. The largest absolute Gasteiger partial charge is 0.232 e. The maximum absolute atomic E-state index is 4.47. The number of fused-ring (bicyclic) bond motifs is 1. The van der Waals surface area contributed by atoms with Crippen LogP contribution >= 0.6 is 0 Å². The molecule has 0 N–H and O–H groups in total. The standard InChI is InChI=1S/C10H11N3/c1-7-10(8-4-5-8)13-9(12-7)3-2-6-11-13/h2-3,6,8H,4-5H2,1H3. The van der Waals surface area contributed by atoms with Crippen molar-refractivity contribution in [2.45, 2.75) is 25.7 Å². The van der Waals surface area contributed by atoms with E-state index in [2.05, 4.69) is 17.0 Å². The van der Waals surface area contributed by atoms with Crippen LogP contribution in [0, 0.1) is 6.92 Å². The average molecular weight is 173 g/mol. The Morgan fingerprint density at radius 3 is 3.08 bits per heavy atom. The molecular formula is C10H11N3. The lowest BCUT2D eigenvalue weighted by atomic mass is 10.2. The van der Waals surface area contributed by atoms with E-state index in [4.69, 9.17) is 0 Å². The molecule has 2 heterocycles. The van der Waals surface area contributed by atoms with Gasteiger partial charge in [0.05, 0.1) is 11.4 Å².